The van der Waals surface area contributed by atoms with Crippen molar-refractivity contribution in [3.63, 3.8) is 0 Å². The van der Waals surface area contributed by atoms with Crippen molar-refractivity contribution in [3.05, 3.63) is 105 Å². The van der Waals surface area contributed by atoms with Crippen molar-refractivity contribution < 1.29 is 32.2 Å². The standard InChI is InChI=1S/C27H24F3NO4/c1-34-25(32)21-13-19(14-22(15-21)27(28,29)30)11-18-7-9-23-20(12-18)8-10-24(23)31-26(33)35-16-17-5-3-2-4-6-17/h2-7,12-15H,8-11,16H2,1H3,(H,31,33). The maximum Gasteiger partial charge on any atom is 0.416 e. The van der Waals surface area contributed by atoms with Crippen LogP contribution in [0.2, 0.25) is 0 Å². The zero-order valence-corrected chi connectivity index (χ0v) is 19.1. The van der Waals surface area contributed by atoms with E-state index in [0.717, 1.165) is 53.6 Å². The number of nitrogens with one attached hydrogen (secondary N) is 1. The molecule has 5 nitrogen and oxygen atoms in total. The molecule has 0 aromatic heterocycles. The topological polar surface area (TPSA) is 64.6 Å². The first-order valence-corrected chi connectivity index (χ1v) is 11.1. The van der Waals surface area contributed by atoms with Gasteiger partial charge in [-0.05, 0) is 71.7 Å². The molecule has 1 amide bonds. The summed E-state index contributed by atoms with van der Waals surface area (Å²) in [4.78, 5) is 24.1. The highest BCUT2D eigenvalue weighted by Crippen LogP contribution is 2.38. The number of fused-ring (bicyclic) bond motifs is 1. The summed E-state index contributed by atoms with van der Waals surface area (Å²) in [6, 6.07) is 12.7. The Morgan fingerprint density at radius 3 is 2.51 bits per heavy atom. The van der Waals surface area contributed by atoms with Gasteiger partial charge in [-0.3, -0.25) is 5.32 Å². The number of alkyl halides is 3. The monoisotopic (exact) mass is 483 g/mol. The second kappa shape index (κ2) is 10.2. The third-order valence-electron chi connectivity index (χ3n) is 5.94. The van der Waals surface area contributed by atoms with Gasteiger partial charge in [0.2, 0.25) is 0 Å². The van der Waals surface area contributed by atoms with Gasteiger partial charge in [-0.2, -0.15) is 13.2 Å². The van der Waals surface area contributed by atoms with Gasteiger partial charge in [-0.25, -0.2) is 9.59 Å². The van der Waals surface area contributed by atoms with Crippen molar-refractivity contribution >= 4 is 12.1 Å². The predicted molar refractivity (Wildman–Crippen MR) is 123 cm³/mol. The van der Waals surface area contributed by atoms with E-state index >= 15 is 0 Å². The molecule has 182 valence electrons. The summed E-state index contributed by atoms with van der Waals surface area (Å²) >= 11 is 0. The van der Waals surface area contributed by atoms with Crippen molar-refractivity contribution in [2.45, 2.75) is 38.5 Å². The van der Waals surface area contributed by atoms with Crippen LogP contribution in [-0.4, -0.2) is 19.2 Å². The number of halogens is 3. The quantitative estimate of drug-likeness (QED) is 0.492. The van der Waals surface area contributed by atoms with Gasteiger partial charge in [0, 0.05) is 5.70 Å². The zero-order valence-electron chi connectivity index (χ0n) is 19.1. The molecule has 2 aliphatic rings. The molecule has 2 aromatic carbocycles. The highest BCUT2D eigenvalue weighted by Gasteiger charge is 2.32. The van der Waals surface area contributed by atoms with E-state index in [0.29, 0.717) is 18.4 Å². The Morgan fingerprint density at radius 2 is 1.80 bits per heavy atom. The molecule has 1 N–H and O–H groups in total. The second-order valence-electron chi connectivity index (χ2n) is 8.38. The zero-order chi connectivity index (χ0) is 25.0. The fourth-order valence-corrected chi connectivity index (χ4v) is 4.26. The van der Waals surface area contributed by atoms with E-state index < -0.39 is 23.8 Å². The SMILES string of the molecule is COC(=O)c1cc(CC2=CCC3=C(NC(=O)OCc4ccccc4)CCC3=C2)cc(C(F)(F)F)c1. The normalized spacial score (nSPS) is 15.2. The summed E-state index contributed by atoms with van der Waals surface area (Å²) in [7, 11) is 1.13. The Hall–Kier alpha value is -3.81. The number of alkyl carbamates (subject to hydrolysis) is 1. The Kier molecular flexibility index (Phi) is 7.10. The van der Waals surface area contributed by atoms with Gasteiger partial charge in [-0.1, -0.05) is 42.5 Å². The van der Waals surface area contributed by atoms with Crippen LogP contribution in [0.25, 0.3) is 0 Å². The van der Waals surface area contributed by atoms with Gasteiger partial charge in [0.05, 0.1) is 18.2 Å². The van der Waals surface area contributed by atoms with E-state index in [1.807, 2.05) is 42.5 Å². The average molecular weight is 483 g/mol. The molecular formula is C27H24F3NO4. The number of benzene rings is 2. The molecule has 0 fully saturated rings. The third kappa shape index (κ3) is 6.01. The Bertz CT molecular complexity index is 1230. The fourth-order valence-electron chi connectivity index (χ4n) is 4.26. The summed E-state index contributed by atoms with van der Waals surface area (Å²) in [5.74, 6) is -0.816. The van der Waals surface area contributed by atoms with Crippen LogP contribution in [0, 0.1) is 0 Å². The van der Waals surface area contributed by atoms with E-state index in [1.165, 1.54) is 6.07 Å². The Morgan fingerprint density at radius 1 is 1.03 bits per heavy atom. The molecule has 0 saturated carbocycles. The van der Waals surface area contributed by atoms with E-state index in [2.05, 4.69) is 10.1 Å². The minimum atomic E-state index is -4.57. The van der Waals surface area contributed by atoms with Gasteiger partial charge < -0.3 is 9.47 Å². The predicted octanol–water partition coefficient (Wildman–Crippen LogP) is 6.27. The molecule has 0 heterocycles. The maximum absolute atomic E-state index is 13.3. The number of carbonyl (C=O) groups excluding carboxylic acids is 2. The third-order valence-corrected chi connectivity index (χ3v) is 5.94. The largest absolute Gasteiger partial charge is 0.465 e. The molecular weight excluding hydrogens is 459 g/mol. The number of hydrogen-bond acceptors (Lipinski definition) is 4. The molecule has 0 unspecified atom stereocenters. The lowest BCUT2D eigenvalue weighted by Gasteiger charge is -2.16. The number of amides is 1. The number of rotatable bonds is 6. The van der Waals surface area contributed by atoms with Gasteiger partial charge in [0.15, 0.2) is 0 Å². The highest BCUT2D eigenvalue weighted by molar-refractivity contribution is 5.89. The smallest absolute Gasteiger partial charge is 0.416 e. The second-order valence-corrected chi connectivity index (χ2v) is 8.38. The lowest BCUT2D eigenvalue weighted by atomic mass is 9.91. The van der Waals surface area contributed by atoms with Gasteiger partial charge in [0.25, 0.3) is 0 Å². The number of hydrogen-bond donors (Lipinski definition) is 1. The first kappa shape index (κ1) is 24.3. The summed E-state index contributed by atoms with van der Waals surface area (Å²) < 4.78 is 49.9. The van der Waals surface area contributed by atoms with Crippen LogP contribution in [0.15, 0.2) is 83.1 Å². The molecule has 0 bridgehead atoms. The van der Waals surface area contributed by atoms with Crippen molar-refractivity contribution in [3.8, 4) is 0 Å². The van der Waals surface area contributed by atoms with Gasteiger partial charge >= 0.3 is 18.2 Å². The maximum atomic E-state index is 13.3. The molecule has 0 radical (unpaired) electrons. The van der Waals surface area contributed by atoms with Crippen LogP contribution >= 0.6 is 0 Å². The molecule has 0 spiro atoms. The van der Waals surface area contributed by atoms with Crippen LogP contribution in [-0.2, 0) is 28.7 Å². The van der Waals surface area contributed by atoms with Crippen LogP contribution in [0.1, 0.15) is 46.3 Å². The van der Waals surface area contributed by atoms with E-state index in [4.69, 9.17) is 4.74 Å². The van der Waals surface area contributed by atoms with Gasteiger partial charge in [-0.15, -0.1) is 0 Å². The molecule has 4 rings (SSSR count). The first-order chi connectivity index (χ1) is 16.7. The first-order valence-electron chi connectivity index (χ1n) is 11.1. The number of esters is 1. The summed E-state index contributed by atoms with van der Waals surface area (Å²) in [5, 5.41) is 2.84. The van der Waals surface area contributed by atoms with Crippen LogP contribution in [0.5, 0.6) is 0 Å². The molecule has 2 aliphatic carbocycles. The van der Waals surface area contributed by atoms with Crippen LogP contribution < -0.4 is 5.32 Å². The molecule has 0 atom stereocenters. The van der Waals surface area contributed by atoms with Crippen molar-refractivity contribution in [2.75, 3.05) is 7.11 Å². The molecule has 0 saturated heterocycles. The van der Waals surface area contributed by atoms with E-state index in [1.54, 1.807) is 0 Å². The summed E-state index contributed by atoms with van der Waals surface area (Å²) in [5.41, 5.74) is 3.94. The Labute approximate surface area is 200 Å². The number of ether oxygens (including phenoxy) is 2. The number of carbonyl (C=O) groups is 2. The highest BCUT2D eigenvalue weighted by atomic mass is 19.4. The molecule has 8 heteroatoms. The molecule has 2 aromatic rings. The van der Waals surface area contributed by atoms with Crippen LogP contribution in [0.3, 0.4) is 0 Å². The van der Waals surface area contributed by atoms with E-state index in [9.17, 15) is 22.8 Å². The summed E-state index contributed by atoms with van der Waals surface area (Å²) in [6.45, 7) is 0.173. The van der Waals surface area contributed by atoms with Crippen LogP contribution in [0.4, 0.5) is 18.0 Å². The van der Waals surface area contributed by atoms with Crippen molar-refractivity contribution in [1.29, 1.82) is 0 Å². The number of methoxy groups -OCH3 is 1. The average Bonchev–Trinajstić information content (AvgIpc) is 3.23. The molecule has 0 aliphatic heterocycles. The lowest BCUT2D eigenvalue weighted by Crippen LogP contribution is -2.23. The molecule has 35 heavy (non-hydrogen) atoms. The number of allylic oxidation sites excluding steroid dienone is 6. The lowest BCUT2D eigenvalue weighted by molar-refractivity contribution is -0.137. The van der Waals surface area contributed by atoms with Crippen molar-refractivity contribution in [1.82, 2.24) is 5.32 Å². The van der Waals surface area contributed by atoms with E-state index in [-0.39, 0.29) is 18.6 Å². The minimum Gasteiger partial charge on any atom is -0.465 e. The minimum absolute atomic E-state index is 0.136. The Balaban J connectivity index is 1.44. The van der Waals surface area contributed by atoms with Gasteiger partial charge in [0.1, 0.15) is 6.61 Å². The summed E-state index contributed by atoms with van der Waals surface area (Å²) in [6.07, 6.45) is 0.947. The fraction of sp³-hybridized carbons (Fsp3) is 0.259. The van der Waals surface area contributed by atoms with Crippen molar-refractivity contribution in [2.24, 2.45) is 0 Å².